The molecule has 0 saturated carbocycles. The van der Waals surface area contributed by atoms with Crippen molar-refractivity contribution in [3.8, 4) is 22.7 Å². The molecule has 4 heterocycles. The summed E-state index contributed by atoms with van der Waals surface area (Å²) in [5, 5.41) is 8.86. The summed E-state index contributed by atoms with van der Waals surface area (Å²) in [6, 6.07) is 82.8. The first-order valence-corrected chi connectivity index (χ1v) is 27.8. The number of benzene rings is 11. The third-order valence-corrected chi connectivity index (χ3v) is 16.2. The fourth-order valence-electron chi connectivity index (χ4n) is 12.2. The Morgan fingerprint density at radius 3 is 0.765 bits per heavy atom. The molecule has 15 rings (SSSR count). The smallest absolute Gasteiger partial charge is 0.338 e. The van der Waals surface area contributed by atoms with Crippen LogP contribution in [-0.4, -0.2) is 39.0 Å². The number of para-hydroxylation sites is 8. The van der Waals surface area contributed by atoms with Crippen molar-refractivity contribution in [3.05, 3.63) is 271 Å². The Balaban J connectivity index is 0.784. The summed E-state index contributed by atoms with van der Waals surface area (Å²) in [4.78, 5) is 28.6. The van der Waals surface area contributed by atoms with Crippen LogP contribution in [0.15, 0.2) is 254 Å². The molecule has 11 heteroatoms. The zero-order valence-corrected chi connectivity index (χ0v) is 44.1. The van der Waals surface area contributed by atoms with E-state index in [-0.39, 0.29) is 29.2 Å². The molecule has 0 aliphatic heterocycles. The molecule has 0 bridgehead atoms. The fourth-order valence-corrected chi connectivity index (χ4v) is 12.7. The van der Waals surface area contributed by atoms with E-state index in [2.05, 4.69) is 127 Å². The first kappa shape index (κ1) is 47.8. The third-order valence-electron chi connectivity index (χ3n) is 15.6. The summed E-state index contributed by atoms with van der Waals surface area (Å²) in [5.41, 5.74) is 12.9. The highest BCUT2D eigenvalue weighted by molar-refractivity contribution is 7.79. The van der Waals surface area contributed by atoms with Crippen LogP contribution < -0.4 is 0 Å². The van der Waals surface area contributed by atoms with Gasteiger partial charge in [0.15, 0.2) is 11.1 Å². The maximum absolute atomic E-state index is 14.4. The second-order valence-electron chi connectivity index (χ2n) is 20.3. The zero-order chi connectivity index (χ0) is 54.3. The van der Waals surface area contributed by atoms with Crippen LogP contribution in [0.2, 0.25) is 0 Å². The lowest BCUT2D eigenvalue weighted by molar-refractivity contribution is 0.0469. The van der Waals surface area contributed by atoms with Gasteiger partial charge in [0.05, 0.1) is 60.2 Å². The number of hydrogen-bond acceptors (Lipinski definition) is 5. The van der Waals surface area contributed by atoms with E-state index in [0.717, 1.165) is 110 Å². The summed E-state index contributed by atoms with van der Waals surface area (Å²) >= 11 is -2.56. The van der Waals surface area contributed by atoms with Gasteiger partial charge in [-0.3, -0.25) is 0 Å². The Bertz CT molecular complexity index is 4330. The predicted molar refractivity (Wildman–Crippen MR) is 324 cm³/mol. The number of hydrogen-bond donors (Lipinski definition) is 1. The number of carbonyl (C=O) groups excluding carboxylic acids is 2. The average molecular weight is 1070 g/mol. The van der Waals surface area contributed by atoms with Gasteiger partial charge in [-0.25, -0.2) is 13.8 Å². The second-order valence-corrected chi connectivity index (χ2v) is 21.3. The third kappa shape index (κ3) is 8.00. The Labute approximate surface area is 465 Å². The van der Waals surface area contributed by atoms with Crippen LogP contribution >= 0.6 is 0 Å². The molecule has 0 saturated heterocycles. The molecule has 11 aromatic carbocycles. The van der Waals surface area contributed by atoms with Crippen molar-refractivity contribution in [1.82, 2.24) is 18.3 Å². The summed E-state index contributed by atoms with van der Waals surface area (Å²) in [6.07, 6.45) is 0. The van der Waals surface area contributed by atoms with Gasteiger partial charge in [-0.15, -0.1) is 0 Å². The van der Waals surface area contributed by atoms with E-state index in [1.54, 1.807) is 0 Å². The Morgan fingerprint density at radius 1 is 0.321 bits per heavy atom. The van der Waals surface area contributed by atoms with Crippen molar-refractivity contribution in [1.29, 1.82) is 0 Å². The lowest BCUT2D eigenvalue weighted by Gasteiger charge is -2.16. The number of fused-ring (bicyclic) bond motifs is 12. The van der Waals surface area contributed by atoms with Crippen molar-refractivity contribution in [2.45, 2.75) is 18.1 Å². The minimum Gasteiger partial charge on any atom is -0.457 e. The van der Waals surface area contributed by atoms with E-state index < -0.39 is 23.0 Å². The molecule has 0 aliphatic carbocycles. The number of ether oxygens (including phenoxy) is 2. The van der Waals surface area contributed by atoms with Gasteiger partial charge in [-0.1, -0.05) is 146 Å². The molecule has 388 valence electrons. The van der Waals surface area contributed by atoms with Crippen molar-refractivity contribution >= 4 is 110 Å². The minimum absolute atomic E-state index is 0.0787. The van der Waals surface area contributed by atoms with Gasteiger partial charge in [-0.2, -0.15) is 0 Å². The van der Waals surface area contributed by atoms with Crippen LogP contribution in [0.1, 0.15) is 31.8 Å². The van der Waals surface area contributed by atoms with Crippen LogP contribution in [0.25, 0.3) is 110 Å². The van der Waals surface area contributed by atoms with Crippen LogP contribution in [0.5, 0.6) is 0 Å². The molecule has 0 radical (unpaired) electrons. The number of aromatic nitrogens is 4. The van der Waals surface area contributed by atoms with Gasteiger partial charge in [0.25, 0.3) is 0 Å². The van der Waals surface area contributed by atoms with Gasteiger partial charge >= 0.3 is 11.9 Å². The summed E-state index contributed by atoms with van der Waals surface area (Å²) in [5.74, 6) is -1.57. The lowest BCUT2D eigenvalue weighted by Crippen LogP contribution is -2.11. The highest BCUT2D eigenvalue weighted by atomic mass is 32.2. The molecule has 0 aliphatic rings. The van der Waals surface area contributed by atoms with Crippen LogP contribution in [0, 0.1) is 0 Å². The van der Waals surface area contributed by atoms with Crippen molar-refractivity contribution < 1.29 is 27.8 Å². The van der Waals surface area contributed by atoms with Gasteiger partial charge in [0.1, 0.15) is 13.2 Å². The van der Waals surface area contributed by atoms with Gasteiger partial charge in [0, 0.05) is 65.8 Å². The minimum atomic E-state index is -2.56. The average Bonchev–Trinajstić information content (AvgIpc) is 4.27. The zero-order valence-electron chi connectivity index (χ0n) is 43.3. The first-order valence-electron chi connectivity index (χ1n) is 26.7. The Morgan fingerprint density at radius 2 is 0.543 bits per heavy atom. The quantitative estimate of drug-likeness (QED) is 0.102. The van der Waals surface area contributed by atoms with Crippen molar-refractivity contribution in [2.24, 2.45) is 0 Å². The van der Waals surface area contributed by atoms with Crippen LogP contribution in [0.3, 0.4) is 0 Å². The highest BCUT2D eigenvalue weighted by Gasteiger charge is 2.22. The van der Waals surface area contributed by atoms with E-state index in [1.807, 2.05) is 121 Å². The summed E-state index contributed by atoms with van der Waals surface area (Å²) < 4.78 is 44.5. The molecule has 10 nitrogen and oxygen atoms in total. The summed E-state index contributed by atoms with van der Waals surface area (Å²) in [6.45, 7) is -0.312. The van der Waals surface area contributed by atoms with Crippen LogP contribution in [0.4, 0.5) is 0 Å². The molecular weight excluding hydrogens is 1020 g/mol. The summed E-state index contributed by atoms with van der Waals surface area (Å²) in [7, 11) is 0. The molecule has 15 aromatic rings. The standard InChI is InChI=1S/C70H46N4O6S/c75-69(79-42-44-33-48(71-61-25-9-1-17-53(61)54-18-2-10-26-62(54)71)40-49(34-44)72-63-27-11-3-19-55(63)56-20-4-12-28-64(56)72)46-37-47(39-52(38-46)81(77)78)70(76)80-43-45-35-50(73-65-29-13-5-21-57(65)58-22-6-14-30-66(58)73)41-51(36-45)74-67-31-15-7-23-59(67)60-24-8-16-32-68(60)74/h1-41H,42-43H2,(H,77,78). The maximum atomic E-state index is 14.4. The van der Waals surface area contributed by atoms with E-state index in [1.165, 1.54) is 18.2 Å². The largest absolute Gasteiger partial charge is 0.457 e. The molecule has 1 unspecified atom stereocenters. The highest BCUT2D eigenvalue weighted by Crippen LogP contribution is 2.39. The van der Waals surface area contributed by atoms with Crippen LogP contribution in [-0.2, 0) is 33.8 Å². The van der Waals surface area contributed by atoms with Gasteiger partial charge in [0.2, 0.25) is 0 Å². The normalized spacial score (nSPS) is 12.2. The monoisotopic (exact) mass is 1070 g/mol. The SMILES string of the molecule is O=C(OCc1cc(-n2c3ccccc3c3ccccc32)cc(-n2c3ccccc3c3ccccc32)c1)c1cc(C(=O)OCc2cc(-n3c4ccccc4c4ccccc43)cc(-n3c4ccccc4c4ccccc43)c2)cc(S(=O)O)c1. The molecule has 0 spiro atoms. The number of nitrogens with zero attached hydrogens (tertiary/aromatic N) is 4. The lowest BCUT2D eigenvalue weighted by atomic mass is 10.1. The van der Waals surface area contributed by atoms with E-state index in [9.17, 15) is 18.4 Å². The van der Waals surface area contributed by atoms with E-state index in [0.29, 0.717) is 11.1 Å². The maximum Gasteiger partial charge on any atom is 0.338 e. The number of rotatable bonds is 11. The Kier molecular flexibility index (Phi) is 11.4. The van der Waals surface area contributed by atoms with Crippen molar-refractivity contribution in [2.75, 3.05) is 0 Å². The molecule has 4 aromatic heterocycles. The van der Waals surface area contributed by atoms with Gasteiger partial charge < -0.3 is 32.3 Å². The molecule has 0 amide bonds. The fraction of sp³-hybridized carbons (Fsp3) is 0.0286. The molecule has 1 N–H and O–H groups in total. The second kappa shape index (κ2) is 19.2. The first-order chi connectivity index (χ1) is 39.8. The molecule has 0 fully saturated rings. The Hall–Kier alpha value is -10.3. The number of esters is 2. The van der Waals surface area contributed by atoms with E-state index >= 15 is 0 Å². The predicted octanol–water partition coefficient (Wildman–Crippen LogP) is 16.4. The van der Waals surface area contributed by atoms with Gasteiger partial charge in [-0.05, 0) is 114 Å². The molecular formula is C70H46N4O6S. The topological polar surface area (TPSA) is 110 Å². The molecule has 81 heavy (non-hydrogen) atoms. The number of carbonyl (C=O) groups is 2. The van der Waals surface area contributed by atoms with Crippen molar-refractivity contribution in [3.63, 3.8) is 0 Å². The molecule has 1 atom stereocenters. The van der Waals surface area contributed by atoms with E-state index in [4.69, 9.17) is 9.47 Å².